The number of nitrogens with zero attached hydrogens (tertiary/aromatic N) is 3. The van der Waals surface area contributed by atoms with Gasteiger partial charge in [0.2, 0.25) is 0 Å². The molecule has 0 unspecified atom stereocenters. The quantitative estimate of drug-likeness (QED) is 0.754. The van der Waals surface area contributed by atoms with Gasteiger partial charge in [0.05, 0.1) is 19.7 Å². The first-order valence-corrected chi connectivity index (χ1v) is 6.58. The number of hydrogen-bond donors (Lipinski definition) is 1. The van der Waals surface area contributed by atoms with Crippen molar-refractivity contribution in [2.75, 3.05) is 13.2 Å². The Morgan fingerprint density at radius 3 is 2.72 bits per heavy atom. The predicted molar refractivity (Wildman–Crippen MR) is 72.3 cm³/mol. The summed E-state index contributed by atoms with van der Waals surface area (Å²) in [5, 5.41) is 7.63. The first-order valence-electron chi connectivity index (χ1n) is 6.58. The van der Waals surface area contributed by atoms with E-state index in [1.54, 1.807) is 6.33 Å². The van der Waals surface area contributed by atoms with Crippen LogP contribution in [0.1, 0.15) is 40.4 Å². The van der Waals surface area contributed by atoms with Gasteiger partial charge in [0.25, 0.3) is 0 Å². The van der Waals surface area contributed by atoms with Crippen LogP contribution in [0, 0.1) is 5.92 Å². The average Bonchev–Trinajstić information content (AvgIpc) is 2.68. The molecule has 0 aliphatic rings. The molecule has 104 valence electrons. The first-order chi connectivity index (χ1) is 8.38. The molecule has 5 heteroatoms. The van der Waals surface area contributed by atoms with Crippen LogP contribution in [-0.4, -0.2) is 33.5 Å². The average molecular weight is 254 g/mol. The zero-order chi connectivity index (χ0) is 13.6. The summed E-state index contributed by atoms with van der Waals surface area (Å²) in [7, 11) is 0. The number of ether oxygens (including phenoxy) is 1. The highest BCUT2D eigenvalue weighted by atomic mass is 16.5. The van der Waals surface area contributed by atoms with Gasteiger partial charge >= 0.3 is 0 Å². The molecule has 1 rings (SSSR count). The third-order valence-electron chi connectivity index (χ3n) is 2.37. The third-order valence-corrected chi connectivity index (χ3v) is 2.37. The van der Waals surface area contributed by atoms with Gasteiger partial charge in [0, 0.05) is 12.1 Å². The van der Waals surface area contributed by atoms with Crippen LogP contribution in [0.15, 0.2) is 6.33 Å². The van der Waals surface area contributed by atoms with Crippen molar-refractivity contribution in [2.24, 2.45) is 5.92 Å². The topological polar surface area (TPSA) is 52.0 Å². The number of rotatable bonds is 7. The van der Waals surface area contributed by atoms with Gasteiger partial charge in [-0.3, -0.25) is 0 Å². The lowest BCUT2D eigenvalue weighted by atomic mass is 10.1. The van der Waals surface area contributed by atoms with Crippen molar-refractivity contribution in [1.29, 1.82) is 0 Å². The lowest BCUT2D eigenvalue weighted by Crippen LogP contribution is -2.36. The summed E-state index contributed by atoms with van der Waals surface area (Å²) in [4.78, 5) is 4.27. The molecule has 1 aromatic rings. The summed E-state index contributed by atoms with van der Waals surface area (Å²) < 4.78 is 7.46. The summed E-state index contributed by atoms with van der Waals surface area (Å²) in [5.41, 5.74) is 0.0882. The van der Waals surface area contributed by atoms with Crippen LogP contribution < -0.4 is 5.32 Å². The van der Waals surface area contributed by atoms with Gasteiger partial charge < -0.3 is 10.1 Å². The molecule has 0 aliphatic heterocycles. The molecule has 0 atom stereocenters. The molecule has 1 N–H and O–H groups in total. The minimum atomic E-state index is 0.0882. The Labute approximate surface area is 110 Å². The molecule has 18 heavy (non-hydrogen) atoms. The Hall–Kier alpha value is -0.940. The Balaban J connectivity index is 2.35. The summed E-state index contributed by atoms with van der Waals surface area (Å²) in [5.74, 6) is 1.53. The Morgan fingerprint density at radius 2 is 2.11 bits per heavy atom. The third kappa shape index (κ3) is 6.12. The van der Waals surface area contributed by atoms with Crippen LogP contribution in [0.4, 0.5) is 0 Å². The maximum atomic E-state index is 5.56. The second kappa shape index (κ2) is 6.85. The highest BCUT2D eigenvalue weighted by Crippen LogP contribution is 2.02. The van der Waals surface area contributed by atoms with Gasteiger partial charge in [-0.1, -0.05) is 13.8 Å². The molecule has 1 heterocycles. The second-order valence-electron chi connectivity index (χ2n) is 5.97. The molecule has 5 nitrogen and oxygen atoms in total. The molecule has 0 radical (unpaired) electrons. The summed E-state index contributed by atoms with van der Waals surface area (Å²) in [6.07, 6.45) is 1.60. The van der Waals surface area contributed by atoms with Crippen molar-refractivity contribution in [2.45, 2.75) is 53.2 Å². The normalized spacial score (nSPS) is 12.3. The van der Waals surface area contributed by atoms with Crippen LogP contribution in [0.2, 0.25) is 0 Å². The number of aromatic nitrogens is 3. The summed E-state index contributed by atoms with van der Waals surface area (Å²) >= 11 is 0. The van der Waals surface area contributed by atoms with Crippen LogP contribution >= 0.6 is 0 Å². The van der Waals surface area contributed by atoms with Crippen molar-refractivity contribution < 1.29 is 4.74 Å². The van der Waals surface area contributed by atoms with Gasteiger partial charge in [-0.2, -0.15) is 5.10 Å². The van der Waals surface area contributed by atoms with Crippen molar-refractivity contribution >= 4 is 0 Å². The highest BCUT2D eigenvalue weighted by molar-refractivity contribution is 4.86. The standard InChI is InChI=1S/C13H26N4O/c1-11(2)9-18-7-6-17-12(14-10-16-17)8-15-13(3,4)5/h10-11,15H,6-9H2,1-5H3. The van der Waals surface area contributed by atoms with E-state index in [1.165, 1.54) is 0 Å². The molecule has 0 bridgehead atoms. The Kier molecular flexibility index (Phi) is 5.75. The van der Waals surface area contributed by atoms with E-state index < -0.39 is 0 Å². The number of hydrogen-bond acceptors (Lipinski definition) is 4. The summed E-state index contributed by atoms with van der Waals surface area (Å²) in [6.45, 7) is 13.7. The maximum absolute atomic E-state index is 5.56. The van der Waals surface area contributed by atoms with E-state index in [-0.39, 0.29) is 5.54 Å². The predicted octanol–water partition coefficient (Wildman–Crippen LogP) is 1.84. The van der Waals surface area contributed by atoms with E-state index >= 15 is 0 Å². The van der Waals surface area contributed by atoms with Crippen molar-refractivity contribution in [1.82, 2.24) is 20.1 Å². The SMILES string of the molecule is CC(C)COCCn1ncnc1CNC(C)(C)C. The van der Waals surface area contributed by atoms with E-state index in [0.717, 1.165) is 25.5 Å². The first kappa shape index (κ1) is 15.1. The maximum Gasteiger partial charge on any atom is 0.140 e. The second-order valence-corrected chi connectivity index (χ2v) is 5.97. The lowest BCUT2D eigenvalue weighted by Gasteiger charge is -2.20. The van der Waals surface area contributed by atoms with E-state index in [9.17, 15) is 0 Å². The minimum Gasteiger partial charge on any atom is -0.379 e. The van der Waals surface area contributed by atoms with Crippen LogP contribution in [0.25, 0.3) is 0 Å². The Bertz CT molecular complexity index is 341. The molecule has 0 aliphatic carbocycles. The molecular weight excluding hydrogens is 228 g/mol. The molecule has 0 amide bonds. The molecule has 0 aromatic carbocycles. The van der Waals surface area contributed by atoms with E-state index in [4.69, 9.17) is 4.74 Å². The van der Waals surface area contributed by atoms with Crippen molar-refractivity contribution in [3.8, 4) is 0 Å². The molecule has 1 aromatic heterocycles. The van der Waals surface area contributed by atoms with Gasteiger partial charge in [0.1, 0.15) is 12.2 Å². The fourth-order valence-corrected chi connectivity index (χ4v) is 1.43. The molecule has 0 fully saturated rings. The summed E-state index contributed by atoms with van der Waals surface area (Å²) in [6, 6.07) is 0. The number of nitrogens with one attached hydrogen (secondary N) is 1. The lowest BCUT2D eigenvalue weighted by molar-refractivity contribution is 0.100. The fourth-order valence-electron chi connectivity index (χ4n) is 1.43. The largest absolute Gasteiger partial charge is 0.379 e. The zero-order valence-corrected chi connectivity index (χ0v) is 12.2. The zero-order valence-electron chi connectivity index (χ0n) is 12.2. The van der Waals surface area contributed by atoms with Crippen molar-refractivity contribution in [3.05, 3.63) is 12.2 Å². The monoisotopic (exact) mass is 254 g/mol. The minimum absolute atomic E-state index is 0.0882. The van der Waals surface area contributed by atoms with Crippen LogP contribution in [-0.2, 0) is 17.8 Å². The molecule has 0 saturated heterocycles. The van der Waals surface area contributed by atoms with Gasteiger partial charge in [-0.15, -0.1) is 0 Å². The van der Waals surface area contributed by atoms with Gasteiger partial charge in [-0.05, 0) is 26.7 Å². The highest BCUT2D eigenvalue weighted by Gasteiger charge is 2.11. The Morgan fingerprint density at radius 1 is 1.39 bits per heavy atom. The van der Waals surface area contributed by atoms with E-state index in [1.807, 2.05) is 4.68 Å². The van der Waals surface area contributed by atoms with Crippen LogP contribution in [0.5, 0.6) is 0 Å². The van der Waals surface area contributed by atoms with Crippen molar-refractivity contribution in [3.63, 3.8) is 0 Å². The molecule has 0 saturated carbocycles. The smallest absolute Gasteiger partial charge is 0.140 e. The molecule has 0 spiro atoms. The van der Waals surface area contributed by atoms with Crippen LogP contribution in [0.3, 0.4) is 0 Å². The van der Waals surface area contributed by atoms with Gasteiger partial charge in [-0.25, -0.2) is 9.67 Å². The fraction of sp³-hybridized carbons (Fsp3) is 0.846. The van der Waals surface area contributed by atoms with Gasteiger partial charge in [0.15, 0.2) is 0 Å². The van der Waals surface area contributed by atoms with E-state index in [0.29, 0.717) is 12.5 Å². The van der Waals surface area contributed by atoms with E-state index in [2.05, 4.69) is 50.0 Å². The molecular formula is C13H26N4O.